The molecule has 5 heteroatoms. The molecule has 3 rings (SSSR count). The summed E-state index contributed by atoms with van der Waals surface area (Å²) >= 11 is 0. The third kappa shape index (κ3) is 3.63. The number of hydrogen-bond donors (Lipinski definition) is 0. The number of Topliss-reactive ketones (excluding diaryl/α,β-unsaturated/α-hetero) is 1. The monoisotopic (exact) mass is 309 g/mol. The van der Waals surface area contributed by atoms with Crippen molar-refractivity contribution in [1.29, 1.82) is 0 Å². The number of benzene rings is 2. The van der Waals surface area contributed by atoms with Crippen LogP contribution in [0.4, 0.5) is 0 Å². The first-order valence-corrected chi connectivity index (χ1v) is 7.28. The Morgan fingerprint density at radius 2 is 1.87 bits per heavy atom. The third-order valence-electron chi connectivity index (χ3n) is 3.35. The molecule has 0 aliphatic heterocycles. The van der Waals surface area contributed by atoms with Gasteiger partial charge in [0.15, 0.2) is 17.3 Å². The van der Waals surface area contributed by atoms with E-state index in [1.54, 1.807) is 49.4 Å². The molecular weight excluding hydrogens is 294 g/mol. The standard InChI is InChI=1S/C18H15NO4/c1-12-19-15-8-7-14(11-17(15)22-12)23-18(21)10-9-16(20)13-5-3-2-4-6-13/h2-8,11H,9-10H2,1H3. The quantitative estimate of drug-likeness (QED) is 0.408. The predicted octanol–water partition coefficient (Wildman–Crippen LogP) is 3.70. The fourth-order valence-corrected chi connectivity index (χ4v) is 2.25. The number of carbonyl (C=O) groups is 2. The highest BCUT2D eigenvalue weighted by Gasteiger charge is 2.12. The second-order valence-corrected chi connectivity index (χ2v) is 5.13. The number of oxazole rings is 1. The minimum atomic E-state index is -0.454. The van der Waals surface area contributed by atoms with Crippen LogP contribution in [0.1, 0.15) is 29.1 Å². The van der Waals surface area contributed by atoms with Crippen molar-refractivity contribution in [1.82, 2.24) is 4.98 Å². The van der Waals surface area contributed by atoms with Gasteiger partial charge in [0, 0.05) is 25.0 Å². The summed E-state index contributed by atoms with van der Waals surface area (Å²) < 4.78 is 10.6. The van der Waals surface area contributed by atoms with E-state index in [0.717, 1.165) is 0 Å². The first-order chi connectivity index (χ1) is 11.1. The summed E-state index contributed by atoms with van der Waals surface area (Å²) in [5, 5.41) is 0. The highest BCUT2D eigenvalue weighted by Crippen LogP contribution is 2.22. The molecule has 1 heterocycles. The van der Waals surface area contributed by atoms with Crippen LogP contribution in [-0.2, 0) is 4.79 Å². The van der Waals surface area contributed by atoms with Crippen LogP contribution in [-0.4, -0.2) is 16.7 Å². The summed E-state index contributed by atoms with van der Waals surface area (Å²) in [5.41, 5.74) is 1.87. The molecule has 2 aromatic carbocycles. The summed E-state index contributed by atoms with van der Waals surface area (Å²) in [6.07, 6.45) is 0.147. The van der Waals surface area contributed by atoms with Crippen LogP contribution in [0, 0.1) is 6.92 Å². The van der Waals surface area contributed by atoms with Gasteiger partial charge >= 0.3 is 5.97 Å². The number of esters is 1. The maximum atomic E-state index is 11.9. The average molecular weight is 309 g/mol. The molecular formula is C18H15NO4. The molecule has 0 amide bonds. The molecule has 0 saturated heterocycles. The number of hydrogen-bond acceptors (Lipinski definition) is 5. The van der Waals surface area contributed by atoms with E-state index in [4.69, 9.17) is 9.15 Å². The lowest BCUT2D eigenvalue weighted by molar-refractivity contribution is -0.134. The minimum Gasteiger partial charge on any atom is -0.441 e. The zero-order valence-electron chi connectivity index (χ0n) is 12.6. The molecule has 3 aromatic rings. The Balaban J connectivity index is 1.59. The molecule has 0 N–H and O–H groups in total. The molecule has 0 radical (unpaired) electrons. The van der Waals surface area contributed by atoms with E-state index in [2.05, 4.69) is 4.98 Å². The number of carbonyl (C=O) groups excluding carboxylic acids is 2. The Kier molecular flexibility index (Phi) is 4.19. The van der Waals surface area contributed by atoms with Gasteiger partial charge < -0.3 is 9.15 Å². The normalized spacial score (nSPS) is 10.7. The third-order valence-corrected chi connectivity index (χ3v) is 3.35. The second kappa shape index (κ2) is 6.44. The van der Waals surface area contributed by atoms with E-state index in [0.29, 0.717) is 28.3 Å². The summed E-state index contributed by atoms with van der Waals surface area (Å²) in [7, 11) is 0. The van der Waals surface area contributed by atoms with Gasteiger partial charge in [0.05, 0.1) is 6.42 Å². The summed E-state index contributed by atoms with van der Waals surface area (Å²) in [4.78, 5) is 28.0. The molecule has 0 unspecified atom stereocenters. The zero-order chi connectivity index (χ0) is 16.2. The summed E-state index contributed by atoms with van der Waals surface area (Å²) in [6, 6.07) is 13.9. The number of ether oxygens (including phenoxy) is 1. The smallest absolute Gasteiger partial charge is 0.311 e. The van der Waals surface area contributed by atoms with Crippen LogP contribution in [0.5, 0.6) is 5.75 Å². The highest BCUT2D eigenvalue weighted by molar-refractivity contribution is 5.97. The number of nitrogens with zero attached hydrogens (tertiary/aromatic N) is 1. The van der Waals surface area contributed by atoms with E-state index >= 15 is 0 Å². The lowest BCUT2D eigenvalue weighted by atomic mass is 10.1. The molecule has 0 atom stereocenters. The van der Waals surface area contributed by atoms with Gasteiger partial charge in [-0.1, -0.05) is 30.3 Å². The Bertz CT molecular complexity index is 852. The fourth-order valence-electron chi connectivity index (χ4n) is 2.25. The molecule has 0 aliphatic rings. The van der Waals surface area contributed by atoms with Gasteiger partial charge in [-0.2, -0.15) is 0 Å². The SMILES string of the molecule is Cc1nc2ccc(OC(=O)CCC(=O)c3ccccc3)cc2o1. The molecule has 5 nitrogen and oxygen atoms in total. The first-order valence-electron chi connectivity index (χ1n) is 7.28. The van der Waals surface area contributed by atoms with E-state index in [1.165, 1.54) is 0 Å². The van der Waals surface area contributed by atoms with Crippen molar-refractivity contribution in [2.24, 2.45) is 0 Å². The summed E-state index contributed by atoms with van der Waals surface area (Å²) in [6.45, 7) is 1.75. The zero-order valence-corrected chi connectivity index (χ0v) is 12.6. The maximum Gasteiger partial charge on any atom is 0.311 e. The van der Waals surface area contributed by atoms with Gasteiger partial charge in [0.1, 0.15) is 11.3 Å². The van der Waals surface area contributed by atoms with Crippen LogP contribution >= 0.6 is 0 Å². The number of fused-ring (bicyclic) bond motifs is 1. The van der Waals surface area contributed by atoms with Crippen molar-refractivity contribution in [3.63, 3.8) is 0 Å². The fraction of sp³-hybridized carbons (Fsp3) is 0.167. The molecule has 1 aromatic heterocycles. The van der Waals surface area contributed by atoms with Crippen LogP contribution in [0.2, 0.25) is 0 Å². The van der Waals surface area contributed by atoms with E-state index < -0.39 is 5.97 Å². The van der Waals surface area contributed by atoms with Crippen LogP contribution in [0.25, 0.3) is 11.1 Å². The molecule has 23 heavy (non-hydrogen) atoms. The van der Waals surface area contributed by atoms with Crippen LogP contribution in [0.3, 0.4) is 0 Å². The number of aromatic nitrogens is 1. The molecule has 116 valence electrons. The Morgan fingerprint density at radius 1 is 1.09 bits per heavy atom. The molecule has 0 fully saturated rings. The van der Waals surface area contributed by atoms with Crippen molar-refractivity contribution in [2.45, 2.75) is 19.8 Å². The lowest BCUT2D eigenvalue weighted by Crippen LogP contribution is -2.10. The van der Waals surface area contributed by atoms with Gasteiger partial charge in [-0.15, -0.1) is 0 Å². The molecule has 0 spiro atoms. The van der Waals surface area contributed by atoms with Crippen molar-refractivity contribution >= 4 is 22.9 Å². The van der Waals surface area contributed by atoms with Gasteiger partial charge in [0.2, 0.25) is 0 Å². The topological polar surface area (TPSA) is 69.4 Å². The van der Waals surface area contributed by atoms with Crippen LogP contribution in [0.15, 0.2) is 52.9 Å². The Labute approximate surface area is 132 Å². The van der Waals surface area contributed by atoms with E-state index in [9.17, 15) is 9.59 Å². The highest BCUT2D eigenvalue weighted by atomic mass is 16.5. The van der Waals surface area contributed by atoms with Crippen molar-refractivity contribution in [3.8, 4) is 5.75 Å². The second-order valence-electron chi connectivity index (χ2n) is 5.13. The predicted molar refractivity (Wildman–Crippen MR) is 84.4 cm³/mol. The van der Waals surface area contributed by atoms with Crippen molar-refractivity contribution < 1.29 is 18.7 Å². The average Bonchev–Trinajstić information content (AvgIpc) is 2.92. The molecule has 0 aliphatic carbocycles. The number of ketones is 1. The Morgan fingerprint density at radius 3 is 2.65 bits per heavy atom. The lowest BCUT2D eigenvalue weighted by Gasteiger charge is -2.04. The number of aryl methyl sites for hydroxylation is 1. The molecule has 0 saturated carbocycles. The van der Waals surface area contributed by atoms with Crippen molar-refractivity contribution in [3.05, 3.63) is 60.0 Å². The van der Waals surface area contributed by atoms with Gasteiger partial charge in [0.25, 0.3) is 0 Å². The largest absolute Gasteiger partial charge is 0.441 e. The number of rotatable bonds is 5. The van der Waals surface area contributed by atoms with Gasteiger partial charge in [-0.05, 0) is 12.1 Å². The van der Waals surface area contributed by atoms with E-state index in [-0.39, 0.29) is 18.6 Å². The van der Waals surface area contributed by atoms with Gasteiger partial charge in [-0.3, -0.25) is 9.59 Å². The molecule has 0 bridgehead atoms. The first kappa shape index (κ1) is 15.0. The summed E-state index contributed by atoms with van der Waals surface area (Å²) in [5.74, 6) is 0.400. The van der Waals surface area contributed by atoms with Gasteiger partial charge in [-0.25, -0.2) is 4.98 Å². The van der Waals surface area contributed by atoms with Crippen molar-refractivity contribution in [2.75, 3.05) is 0 Å². The minimum absolute atomic E-state index is 0.0290. The van der Waals surface area contributed by atoms with Crippen LogP contribution < -0.4 is 4.74 Å². The Hall–Kier alpha value is -2.95. The van der Waals surface area contributed by atoms with E-state index in [1.807, 2.05) is 6.07 Å². The maximum absolute atomic E-state index is 11.9.